The summed E-state index contributed by atoms with van der Waals surface area (Å²) in [7, 11) is 2.75. The highest BCUT2D eigenvalue weighted by atomic mass is 35.5. The molecular weight excluding hydrogens is 556 g/mol. The fourth-order valence-electron chi connectivity index (χ4n) is 5.23. The van der Waals surface area contributed by atoms with Gasteiger partial charge in [0, 0.05) is 36.7 Å². The molecule has 0 N–H and O–H groups in total. The monoisotopic (exact) mass is 579 g/mol. The number of rotatable bonds is 5. The number of nitrogens with zero attached hydrogens (tertiary/aromatic N) is 5. The molecule has 0 amide bonds. The van der Waals surface area contributed by atoms with Crippen LogP contribution in [0.5, 0.6) is 0 Å². The lowest BCUT2D eigenvalue weighted by molar-refractivity contribution is -0.148. The first-order valence-electron chi connectivity index (χ1n) is 12.4. The Labute approximate surface area is 239 Å². The standard InChI is InChI=1S/C29H24Cl2FN5O3/c1-35-22-12-11-21(15-33)34-25(22)27(24(32)28(35)38)36-13-14-37(23(16-36)29(39)40-2)26(17-3-7-19(30)8-4-17)18-5-9-20(31)10-6-18/h3-12,23,26H,13-14,16H2,1-2H3. The topological polar surface area (TPSA) is 91.5 Å². The molecule has 1 atom stereocenters. The number of methoxy groups -OCH3 is 1. The molecule has 11 heteroatoms. The van der Waals surface area contributed by atoms with Crippen LogP contribution >= 0.6 is 23.2 Å². The van der Waals surface area contributed by atoms with Crippen molar-refractivity contribution in [3.8, 4) is 6.07 Å². The van der Waals surface area contributed by atoms with Gasteiger partial charge in [-0.15, -0.1) is 0 Å². The number of halogens is 3. The Kier molecular flexibility index (Phi) is 7.76. The average molecular weight is 580 g/mol. The van der Waals surface area contributed by atoms with Gasteiger partial charge >= 0.3 is 5.97 Å². The van der Waals surface area contributed by atoms with Crippen molar-refractivity contribution < 1.29 is 13.9 Å². The molecule has 0 saturated carbocycles. The normalized spacial score (nSPS) is 15.8. The molecule has 4 aromatic rings. The third-order valence-electron chi connectivity index (χ3n) is 7.19. The molecule has 0 bridgehead atoms. The molecule has 3 heterocycles. The van der Waals surface area contributed by atoms with Crippen molar-refractivity contribution in [3.63, 3.8) is 0 Å². The van der Waals surface area contributed by atoms with E-state index < -0.39 is 23.4 Å². The fourth-order valence-corrected chi connectivity index (χ4v) is 5.48. The number of aromatic nitrogens is 2. The van der Waals surface area contributed by atoms with Crippen LogP contribution in [0.25, 0.3) is 11.0 Å². The van der Waals surface area contributed by atoms with Crippen LogP contribution in [-0.2, 0) is 16.6 Å². The first kappa shape index (κ1) is 27.6. The van der Waals surface area contributed by atoms with Gasteiger partial charge < -0.3 is 14.2 Å². The van der Waals surface area contributed by atoms with E-state index in [-0.39, 0.29) is 36.0 Å². The number of hydrogen-bond donors (Lipinski definition) is 0. The number of ether oxygens (including phenoxy) is 1. The summed E-state index contributed by atoms with van der Waals surface area (Å²) in [6, 6.07) is 18.5. The number of hydrogen-bond acceptors (Lipinski definition) is 7. The average Bonchev–Trinajstić information content (AvgIpc) is 2.98. The Morgan fingerprint density at radius 2 is 1.65 bits per heavy atom. The van der Waals surface area contributed by atoms with Gasteiger partial charge in [-0.2, -0.15) is 9.65 Å². The zero-order valence-electron chi connectivity index (χ0n) is 21.6. The maximum Gasteiger partial charge on any atom is 0.324 e. The molecule has 5 rings (SSSR count). The summed E-state index contributed by atoms with van der Waals surface area (Å²) in [5.41, 5.74) is 1.53. The predicted octanol–water partition coefficient (Wildman–Crippen LogP) is 4.70. The minimum Gasteiger partial charge on any atom is -0.468 e. The highest BCUT2D eigenvalue weighted by molar-refractivity contribution is 6.30. The minimum atomic E-state index is -0.999. The van der Waals surface area contributed by atoms with E-state index in [1.165, 1.54) is 20.2 Å². The fraction of sp³-hybridized carbons (Fsp3) is 0.241. The number of carbonyl (C=O) groups excluding carboxylic acids is 1. The first-order chi connectivity index (χ1) is 19.2. The van der Waals surface area contributed by atoms with E-state index in [1.54, 1.807) is 35.2 Å². The highest BCUT2D eigenvalue weighted by Gasteiger charge is 2.40. The molecule has 1 saturated heterocycles. The molecule has 0 spiro atoms. The largest absolute Gasteiger partial charge is 0.468 e. The number of fused-ring (bicyclic) bond motifs is 1. The Hall–Kier alpha value is -3.97. The molecule has 0 aliphatic carbocycles. The molecule has 1 unspecified atom stereocenters. The second-order valence-electron chi connectivity index (χ2n) is 9.43. The summed E-state index contributed by atoms with van der Waals surface area (Å²) in [5, 5.41) is 10.6. The summed E-state index contributed by atoms with van der Waals surface area (Å²) >= 11 is 12.3. The van der Waals surface area contributed by atoms with Crippen LogP contribution in [0.3, 0.4) is 0 Å². The zero-order chi connectivity index (χ0) is 28.6. The van der Waals surface area contributed by atoms with E-state index in [4.69, 9.17) is 27.9 Å². The van der Waals surface area contributed by atoms with E-state index >= 15 is 4.39 Å². The van der Waals surface area contributed by atoms with Crippen molar-refractivity contribution in [2.75, 3.05) is 31.6 Å². The van der Waals surface area contributed by atoms with Gasteiger partial charge in [-0.25, -0.2) is 4.98 Å². The second-order valence-corrected chi connectivity index (χ2v) is 10.3. The Balaban J connectivity index is 1.62. The molecule has 1 fully saturated rings. The third-order valence-corrected chi connectivity index (χ3v) is 7.69. The Morgan fingerprint density at radius 3 is 2.20 bits per heavy atom. The maximum atomic E-state index is 15.6. The molecule has 1 aliphatic heterocycles. The SMILES string of the molecule is COC(=O)C1CN(c2c(F)c(=O)n(C)c3ccc(C#N)nc23)CCN1C(c1ccc(Cl)cc1)c1ccc(Cl)cc1. The molecule has 2 aromatic heterocycles. The van der Waals surface area contributed by atoms with E-state index in [9.17, 15) is 14.9 Å². The Bertz CT molecular complexity index is 1640. The maximum absolute atomic E-state index is 15.6. The number of anilines is 1. The summed E-state index contributed by atoms with van der Waals surface area (Å²) in [5.74, 6) is -1.52. The number of pyridine rings is 2. The van der Waals surface area contributed by atoms with Crippen molar-refractivity contribution in [2.45, 2.75) is 12.1 Å². The number of nitriles is 1. The number of esters is 1. The van der Waals surface area contributed by atoms with Crippen LogP contribution in [0.15, 0.2) is 65.5 Å². The lowest BCUT2D eigenvalue weighted by atomic mass is 9.94. The molecule has 204 valence electrons. The van der Waals surface area contributed by atoms with Gasteiger partial charge in [0.15, 0.2) is 0 Å². The molecule has 0 radical (unpaired) electrons. The van der Waals surface area contributed by atoms with Gasteiger partial charge in [0.1, 0.15) is 29.0 Å². The van der Waals surface area contributed by atoms with Crippen molar-refractivity contribution in [1.82, 2.24) is 14.5 Å². The van der Waals surface area contributed by atoms with Crippen LogP contribution in [0.4, 0.5) is 10.1 Å². The van der Waals surface area contributed by atoms with E-state index in [0.717, 1.165) is 15.7 Å². The van der Waals surface area contributed by atoms with Crippen LogP contribution in [0, 0.1) is 17.1 Å². The van der Waals surface area contributed by atoms with Gasteiger partial charge in [-0.3, -0.25) is 14.5 Å². The van der Waals surface area contributed by atoms with Gasteiger partial charge in [-0.05, 0) is 47.5 Å². The predicted molar refractivity (Wildman–Crippen MR) is 151 cm³/mol. The lowest BCUT2D eigenvalue weighted by Gasteiger charge is -2.45. The van der Waals surface area contributed by atoms with E-state index in [0.29, 0.717) is 22.1 Å². The van der Waals surface area contributed by atoms with Gasteiger partial charge in [0.05, 0.1) is 18.7 Å². The highest BCUT2D eigenvalue weighted by Crippen LogP contribution is 2.36. The molecule has 8 nitrogen and oxygen atoms in total. The van der Waals surface area contributed by atoms with Crippen molar-refractivity contribution in [2.24, 2.45) is 7.05 Å². The van der Waals surface area contributed by atoms with E-state index in [2.05, 4.69) is 4.98 Å². The number of carbonyl (C=O) groups is 1. The van der Waals surface area contributed by atoms with Crippen molar-refractivity contribution in [1.29, 1.82) is 5.26 Å². The van der Waals surface area contributed by atoms with Gasteiger partial charge in [0.25, 0.3) is 5.56 Å². The summed E-state index contributed by atoms with van der Waals surface area (Å²) in [4.78, 5) is 34.0. The first-order valence-corrected chi connectivity index (χ1v) is 13.2. The third kappa shape index (κ3) is 5.02. The molecule has 40 heavy (non-hydrogen) atoms. The van der Waals surface area contributed by atoms with Gasteiger partial charge in [0.2, 0.25) is 5.82 Å². The van der Waals surface area contributed by atoms with Crippen LogP contribution in [0.2, 0.25) is 10.0 Å². The van der Waals surface area contributed by atoms with E-state index in [1.807, 2.05) is 35.2 Å². The second kappa shape index (κ2) is 11.3. The molecule has 1 aliphatic rings. The van der Waals surface area contributed by atoms with Crippen LogP contribution in [0.1, 0.15) is 22.9 Å². The minimum absolute atomic E-state index is 0.0159. The van der Waals surface area contributed by atoms with Crippen LogP contribution < -0.4 is 10.5 Å². The van der Waals surface area contributed by atoms with Crippen LogP contribution in [-0.4, -0.2) is 53.2 Å². The summed E-state index contributed by atoms with van der Waals surface area (Å²) in [6.45, 7) is 0.592. The Morgan fingerprint density at radius 1 is 1.05 bits per heavy atom. The molecule has 2 aromatic carbocycles. The number of benzene rings is 2. The number of piperazine rings is 1. The quantitative estimate of drug-likeness (QED) is 0.316. The number of aryl methyl sites for hydroxylation is 1. The zero-order valence-corrected chi connectivity index (χ0v) is 23.2. The lowest BCUT2D eigenvalue weighted by Crippen LogP contribution is -2.58. The van der Waals surface area contributed by atoms with Crippen molar-refractivity contribution in [3.05, 3.63) is 104 Å². The summed E-state index contributed by atoms with van der Waals surface area (Å²) < 4.78 is 22.0. The molecular formula is C29H24Cl2FN5O3. The van der Waals surface area contributed by atoms with Gasteiger partial charge in [-0.1, -0.05) is 47.5 Å². The smallest absolute Gasteiger partial charge is 0.324 e. The van der Waals surface area contributed by atoms with Crippen molar-refractivity contribution >= 4 is 45.9 Å². The summed E-state index contributed by atoms with van der Waals surface area (Å²) in [6.07, 6.45) is 0.